The van der Waals surface area contributed by atoms with Crippen molar-refractivity contribution in [2.75, 3.05) is 0 Å². The Balaban J connectivity index is 0.000000461. The Bertz CT molecular complexity index is 396. The summed E-state index contributed by atoms with van der Waals surface area (Å²) in [5, 5.41) is 18.3. The van der Waals surface area contributed by atoms with Crippen LogP contribution < -0.4 is 0 Å². The number of imidazole rings is 1. The van der Waals surface area contributed by atoms with Crippen LogP contribution in [-0.2, 0) is 0 Å². The van der Waals surface area contributed by atoms with Crippen LogP contribution in [0.1, 0.15) is 19.7 Å². The van der Waals surface area contributed by atoms with Gasteiger partial charge in [-0.2, -0.15) is 0 Å². The summed E-state index contributed by atoms with van der Waals surface area (Å²) >= 11 is 0. The molecule has 76 valence electrons. The first-order valence-electron chi connectivity index (χ1n) is 4.55. The van der Waals surface area contributed by atoms with Crippen molar-refractivity contribution in [3.63, 3.8) is 0 Å². The first kappa shape index (κ1) is 10.4. The summed E-state index contributed by atoms with van der Waals surface area (Å²) in [6.07, 6.45) is 0. The second-order valence-electron chi connectivity index (χ2n) is 2.68. The number of hydrogen-bond donors (Lipinski definition) is 3. The van der Waals surface area contributed by atoms with Crippen molar-refractivity contribution in [3.8, 4) is 11.5 Å². The fourth-order valence-corrected chi connectivity index (χ4v) is 1.16. The molecule has 0 aliphatic carbocycles. The topological polar surface area (TPSA) is 69.1 Å². The van der Waals surface area contributed by atoms with E-state index in [1.807, 2.05) is 20.8 Å². The SMILES string of the molecule is CC.Cc1nc2cc(O)c(O)cc2[nH]1. The lowest BCUT2D eigenvalue weighted by Crippen LogP contribution is -1.71. The third kappa shape index (κ3) is 1.79. The number of aryl methyl sites for hydroxylation is 1. The van der Waals surface area contributed by atoms with Gasteiger partial charge in [0.15, 0.2) is 11.5 Å². The number of phenols is 2. The molecule has 0 aliphatic rings. The van der Waals surface area contributed by atoms with Crippen molar-refractivity contribution in [3.05, 3.63) is 18.0 Å². The van der Waals surface area contributed by atoms with E-state index in [1.54, 1.807) is 0 Å². The molecule has 0 aliphatic heterocycles. The van der Waals surface area contributed by atoms with E-state index in [1.165, 1.54) is 12.1 Å². The van der Waals surface area contributed by atoms with Crippen LogP contribution in [0, 0.1) is 6.92 Å². The lowest BCUT2D eigenvalue weighted by Gasteiger charge is -1.94. The van der Waals surface area contributed by atoms with Crippen LogP contribution in [-0.4, -0.2) is 20.2 Å². The number of nitrogens with one attached hydrogen (secondary N) is 1. The van der Waals surface area contributed by atoms with E-state index in [0.29, 0.717) is 5.52 Å². The molecule has 0 atom stereocenters. The van der Waals surface area contributed by atoms with Crippen molar-refractivity contribution >= 4 is 11.0 Å². The molecule has 0 bridgehead atoms. The minimum Gasteiger partial charge on any atom is -0.504 e. The van der Waals surface area contributed by atoms with E-state index in [2.05, 4.69) is 9.97 Å². The number of aromatic hydroxyl groups is 2. The normalized spacial score (nSPS) is 9.64. The summed E-state index contributed by atoms with van der Waals surface area (Å²) < 4.78 is 0. The minimum absolute atomic E-state index is 0.133. The Morgan fingerprint density at radius 2 is 1.71 bits per heavy atom. The van der Waals surface area contributed by atoms with Gasteiger partial charge in [0.05, 0.1) is 11.0 Å². The molecule has 0 spiro atoms. The quantitative estimate of drug-likeness (QED) is 0.563. The molecule has 0 radical (unpaired) electrons. The van der Waals surface area contributed by atoms with E-state index in [-0.39, 0.29) is 11.5 Å². The number of aromatic nitrogens is 2. The number of fused-ring (bicyclic) bond motifs is 1. The molecule has 1 heterocycles. The molecule has 0 saturated heterocycles. The van der Waals surface area contributed by atoms with Crippen LogP contribution in [0.3, 0.4) is 0 Å². The maximum absolute atomic E-state index is 9.13. The molecule has 4 heteroatoms. The van der Waals surface area contributed by atoms with Crippen molar-refractivity contribution in [1.29, 1.82) is 0 Å². The molecular weight excluding hydrogens is 180 g/mol. The van der Waals surface area contributed by atoms with Gasteiger partial charge >= 0.3 is 0 Å². The number of rotatable bonds is 0. The monoisotopic (exact) mass is 194 g/mol. The number of phenolic OH excluding ortho intramolecular Hbond substituents is 2. The van der Waals surface area contributed by atoms with Gasteiger partial charge in [0.25, 0.3) is 0 Å². The third-order valence-corrected chi connectivity index (χ3v) is 1.70. The highest BCUT2D eigenvalue weighted by Gasteiger charge is 2.04. The van der Waals surface area contributed by atoms with Crippen LogP contribution in [0.15, 0.2) is 12.1 Å². The summed E-state index contributed by atoms with van der Waals surface area (Å²) in [6, 6.07) is 2.87. The minimum atomic E-state index is -0.144. The molecule has 1 aromatic heterocycles. The lowest BCUT2D eigenvalue weighted by molar-refractivity contribution is 0.405. The molecule has 3 N–H and O–H groups in total. The molecule has 2 aromatic rings. The number of aromatic amines is 1. The second kappa shape index (κ2) is 4.00. The molecular formula is C10H14N2O2. The Morgan fingerprint density at radius 3 is 2.36 bits per heavy atom. The molecule has 1 aromatic carbocycles. The number of hydrogen-bond acceptors (Lipinski definition) is 3. The molecule has 14 heavy (non-hydrogen) atoms. The van der Waals surface area contributed by atoms with Crippen molar-refractivity contribution in [2.45, 2.75) is 20.8 Å². The van der Waals surface area contributed by atoms with Gasteiger partial charge < -0.3 is 15.2 Å². The highest BCUT2D eigenvalue weighted by Crippen LogP contribution is 2.28. The molecule has 0 fully saturated rings. The third-order valence-electron chi connectivity index (χ3n) is 1.70. The van der Waals surface area contributed by atoms with Gasteiger partial charge in [-0.25, -0.2) is 4.98 Å². The Morgan fingerprint density at radius 1 is 1.14 bits per heavy atom. The Kier molecular flexibility index (Phi) is 2.96. The number of H-pyrrole nitrogens is 1. The highest BCUT2D eigenvalue weighted by atomic mass is 16.3. The second-order valence-corrected chi connectivity index (χ2v) is 2.68. The predicted octanol–water partition coefficient (Wildman–Crippen LogP) is 2.31. The van der Waals surface area contributed by atoms with Gasteiger partial charge in [-0.05, 0) is 6.92 Å². The van der Waals surface area contributed by atoms with E-state index in [0.717, 1.165) is 11.3 Å². The summed E-state index contributed by atoms with van der Waals surface area (Å²) in [4.78, 5) is 7.03. The zero-order valence-corrected chi connectivity index (χ0v) is 8.50. The first-order valence-corrected chi connectivity index (χ1v) is 4.55. The summed E-state index contributed by atoms with van der Waals surface area (Å²) in [5.41, 5.74) is 1.38. The number of benzene rings is 1. The number of nitrogens with zero attached hydrogens (tertiary/aromatic N) is 1. The van der Waals surface area contributed by atoms with Crippen LogP contribution in [0.4, 0.5) is 0 Å². The fourth-order valence-electron chi connectivity index (χ4n) is 1.16. The van der Waals surface area contributed by atoms with Crippen molar-refractivity contribution in [2.24, 2.45) is 0 Å². The van der Waals surface area contributed by atoms with E-state index < -0.39 is 0 Å². The molecule has 0 unspecified atom stereocenters. The zero-order valence-electron chi connectivity index (χ0n) is 8.50. The lowest BCUT2D eigenvalue weighted by atomic mass is 10.3. The average molecular weight is 194 g/mol. The summed E-state index contributed by atoms with van der Waals surface area (Å²) in [6.45, 7) is 5.81. The first-order chi connectivity index (χ1) is 6.66. The fraction of sp³-hybridized carbons (Fsp3) is 0.300. The standard InChI is InChI=1S/C8H8N2O2.C2H6/c1-4-9-5-2-7(11)8(12)3-6(5)10-4;1-2/h2-3,11-12H,1H3,(H,9,10);1-2H3. The van der Waals surface area contributed by atoms with Crippen molar-refractivity contribution in [1.82, 2.24) is 9.97 Å². The Hall–Kier alpha value is -1.71. The maximum Gasteiger partial charge on any atom is 0.159 e. The summed E-state index contributed by atoms with van der Waals surface area (Å²) in [5.74, 6) is 0.482. The van der Waals surface area contributed by atoms with Crippen LogP contribution in [0.5, 0.6) is 11.5 Å². The van der Waals surface area contributed by atoms with Gasteiger partial charge in [-0.15, -0.1) is 0 Å². The molecule has 2 rings (SSSR count). The van der Waals surface area contributed by atoms with E-state index in [9.17, 15) is 0 Å². The van der Waals surface area contributed by atoms with E-state index >= 15 is 0 Å². The zero-order chi connectivity index (χ0) is 10.7. The largest absolute Gasteiger partial charge is 0.504 e. The van der Waals surface area contributed by atoms with Crippen LogP contribution in [0.25, 0.3) is 11.0 Å². The van der Waals surface area contributed by atoms with Gasteiger partial charge in [0.1, 0.15) is 5.82 Å². The molecule has 0 saturated carbocycles. The maximum atomic E-state index is 9.13. The van der Waals surface area contributed by atoms with Crippen molar-refractivity contribution < 1.29 is 10.2 Å². The Labute approximate surface area is 82.2 Å². The average Bonchev–Trinajstić information content (AvgIpc) is 2.49. The molecule has 0 amide bonds. The van der Waals surface area contributed by atoms with Crippen LogP contribution >= 0.6 is 0 Å². The smallest absolute Gasteiger partial charge is 0.159 e. The van der Waals surface area contributed by atoms with Gasteiger partial charge in [-0.1, -0.05) is 13.8 Å². The van der Waals surface area contributed by atoms with Gasteiger partial charge in [-0.3, -0.25) is 0 Å². The predicted molar refractivity (Wildman–Crippen MR) is 55.5 cm³/mol. The van der Waals surface area contributed by atoms with Gasteiger partial charge in [0, 0.05) is 12.1 Å². The van der Waals surface area contributed by atoms with Gasteiger partial charge in [0.2, 0.25) is 0 Å². The highest BCUT2D eigenvalue weighted by molar-refractivity contribution is 5.79. The summed E-state index contributed by atoms with van der Waals surface area (Å²) in [7, 11) is 0. The van der Waals surface area contributed by atoms with Crippen LogP contribution in [0.2, 0.25) is 0 Å². The van der Waals surface area contributed by atoms with E-state index in [4.69, 9.17) is 10.2 Å². The molecule has 4 nitrogen and oxygen atoms in total.